The molecule has 1 saturated carbocycles. The number of nitrogens with zero attached hydrogens (tertiary/aromatic N) is 2. The van der Waals surface area contributed by atoms with Gasteiger partial charge in [0, 0.05) is 12.0 Å². The average molecular weight is 291 g/mol. The molecule has 0 spiro atoms. The summed E-state index contributed by atoms with van der Waals surface area (Å²) in [7, 11) is 1.50. The van der Waals surface area contributed by atoms with Crippen molar-refractivity contribution in [3.63, 3.8) is 0 Å². The second-order valence-corrected chi connectivity index (χ2v) is 5.57. The topological polar surface area (TPSA) is 84.3 Å². The first-order valence-electron chi connectivity index (χ1n) is 6.19. The molecule has 1 aliphatic rings. The summed E-state index contributed by atoms with van der Waals surface area (Å²) in [5, 5.41) is 21.8. The molecule has 0 unspecified atom stereocenters. The second kappa shape index (κ2) is 5.09. The Balaban J connectivity index is 1.74. The van der Waals surface area contributed by atoms with E-state index in [0.29, 0.717) is 16.8 Å². The van der Waals surface area contributed by atoms with Crippen molar-refractivity contribution in [3.8, 4) is 11.5 Å². The lowest BCUT2D eigenvalue weighted by atomic mass is 10.2. The van der Waals surface area contributed by atoms with Crippen LogP contribution in [0, 0.1) is 0 Å². The second-order valence-electron chi connectivity index (χ2n) is 4.56. The van der Waals surface area contributed by atoms with Crippen LogP contribution >= 0.6 is 11.3 Å². The molecule has 1 aromatic heterocycles. The summed E-state index contributed by atoms with van der Waals surface area (Å²) in [5.41, 5.74) is 0.175. The zero-order valence-corrected chi connectivity index (χ0v) is 11.6. The lowest BCUT2D eigenvalue weighted by Crippen LogP contribution is -2.11. The smallest absolute Gasteiger partial charge is 0.261 e. The molecule has 0 atom stereocenters. The molecule has 104 valence electrons. The summed E-state index contributed by atoms with van der Waals surface area (Å²) in [5.74, 6) is 0.455. The Labute approximate surface area is 119 Å². The lowest BCUT2D eigenvalue weighted by Gasteiger charge is -2.05. The quantitative estimate of drug-likeness (QED) is 0.903. The Bertz CT molecular complexity index is 652. The minimum Gasteiger partial charge on any atom is -0.507 e. The largest absolute Gasteiger partial charge is 0.507 e. The summed E-state index contributed by atoms with van der Waals surface area (Å²) >= 11 is 1.38. The van der Waals surface area contributed by atoms with Crippen LogP contribution in [0.5, 0.6) is 11.5 Å². The van der Waals surface area contributed by atoms with Crippen LogP contribution < -0.4 is 10.1 Å². The number of ether oxygens (including phenoxy) is 1. The Kier molecular flexibility index (Phi) is 3.27. The normalized spacial score (nSPS) is 14.1. The molecule has 1 heterocycles. The van der Waals surface area contributed by atoms with Crippen LogP contribution in [-0.2, 0) is 0 Å². The van der Waals surface area contributed by atoms with Gasteiger partial charge in [-0.05, 0) is 25.0 Å². The highest BCUT2D eigenvalue weighted by atomic mass is 32.1. The van der Waals surface area contributed by atoms with Crippen LogP contribution in [0.3, 0.4) is 0 Å². The fraction of sp³-hybridized carbons (Fsp3) is 0.308. The maximum Gasteiger partial charge on any atom is 0.261 e. The molecule has 6 nitrogen and oxygen atoms in total. The molecule has 0 saturated heterocycles. The van der Waals surface area contributed by atoms with E-state index in [2.05, 4.69) is 15.5 Å². The van der Waals surface area contributed by atoms with Crippen molar-refractivity contribution in [1.82, 2.24) is 10.2 Å². The number of phenols is 1. The van der Waals surface area contributed by atoms with E-state index < -0.39 is 5.91 Å². The molecular formula is C13H13N3O3S. The minimum atomic E-state index is -0.413. The zero-order chi connectivity index (χ0) is 14.1. The van der Waals surface area contributed by atoms with Gasteiger partial charge in [0.2, 0.25) is 5.13 Å². The van der Waals surface area contributed by atoms with Gasteiger partial charge in [-0.1, -0.05) is 11.3 Å². The molecule has 3 rings (SSSR count). The number of benzene rings is 1. The van der Waals surface area contributed by atoms with Crippen molar-refractivity contribution in [2.75, 3.05) is 12.4 Å². The van der Waals surface area contributed by atoms with Gasteiger partial charge >= 0.3 is 0 Å². The van der Waals surface area contributed by atoms with E-state index in [1.165, 1.54) is 30.6 Å². The van der Waals surface area contributed by atoms with E-state index in [9.17, 15) is 9.90 Å². The summed E-state index contributed by atoms with van der Waals surface area (Å²) in [4.78, 5) is 12.1. The highest BCUT2D eigenvalue weighted by Crippen LogP contribution is 2.42. The average Bonchev–Trinajstić information content (AvgIpc) is 3.19. The number of methoxy groups -OCH3 is 1. The number of aromatic hydroxyl groups is 1. The number of amides is 1. The fourth-order valence-electron chi connectivity index (χ4n) is 1.78. The van der Waals surface area contributed by atoms with Gasteiger partial charge < -0.3 is 9.84 Å². The summed E-state index contributed by atoms with van der Waals surface area (Å²) in [6.45, 7) is 0. The Morgan fingerprint density at radius 3 is 2.90 bits per heavy atom. The predicted molar refractivity (Wildman–Crippen MR) is 74.5 cm³/mol. The third-order valence-corrected chi connectivity index (χ3v) is 4.04. The molecule has 1 aliphatic carbocycles. The molecule has 2 aromatic rings. The molecule has 1 amide bonds. The van der Waals surface area contributed by atoms with E-state index in [1.54, 1.807) is 6.07 Å². The molecule has 1 aromatic carbocycles. The molecule has 20 heavy (non-hydrogen) atoms. The van der Waals surface area contributed by atoms with Crippen LogP contribution in [-0.4, -0.2) is 28.3 Å². The monoisotopic (exact) mass is 291 g/mol. The number of phenolic OH excluding ortho intramolecular Hbond substituents is 1. The molecule has 0 aliphatic heterocycles. The van der Waals surface area contributed by atoms with Crippen LogP contribution in [0.4, 0.5) is 5.13 Å². The first-order valence-corrected chi connectivity index (χ1v) is 7.01. The van der Waals surface area contributed by atoms with Gasteiger partial charge in [0.1, 0.15) is 16.5 Å². The van der Waals surface area contributed by atoms with E-state index in [4.69, 9.17) is 4.74 Å². The van der Waals surface area contributed by atoms with Gasteiger partial charge in [0.05, 0.1) is 12.7 Å². The van der Waals surface area contributed by atoms with Gasteiger partial charge in [-0.3, -0.25) is 10.1 Å². The first-order chi connectivity index (χ1) is 9.67. The predicted octanol–water partition coefficient (Wildman–Crippen LogP) is 2.38. The van der Waals surface area contributed by atoms with E-state index in [0.717, 1.165) is 17.8 Å². The van der Waals surface area contributed by atoms with Crippen LogP contribution in [0.1, 0.15) is 34.1 Å². The van der Waals surface area contributed by atoms with Crippen molar-refractivity contribution in [2.24, 2.45) is 0 Å². The van der Waals surface area contributed by atoms with Crippen LogP contribution in [0.2, 0.25) is 0 Å². The van der Waals surface area contributed by atoms with Gasteiger partial charge in [0.15, 0.2) is 0 Å². The van der Waals surface area contributed by atoms with Crippen molar-refractivity contribution in [3.05, 3.63) is 28.8 Å². The van der Waals surface area contributed by atoms with Crippen molar-refractivity contribution in [2.45, 2.75) is 18.8 Å². The SMILES string of the molecule is COc1ccc(C(=O)Nc2nnc(C3CC3)s2)c(O)c1. The van der Waals surface area contributed by atoms with Crippen LogP contribution in [0.15, 0.2) is 18.2 Å². The number of hydrogen-bond donors (Lipinski definition) is 2. The van der Waals surface area contributed by atoms with Gasteiger partial charge in [-0.2, -0.15) is 0 Å². The summed E-state index contributed by atoms with van der Waals surface area (Å²) in [6, 6.07) is 4.52. The molecule has 0 bridgehead atoms. The van der Waals surface area contributed by atoms with E-state index in [1.807, 2.05) is 0 Å². The fourth-order valence-corrected chi connectivity index (χ4v) is 2.68. The van der Waals surface area contributed by atoms with Crippen LogP contribution in [0.25, 0.3) is 0 Å². The number of hydrogen-bond acceptors (Lipinski definition) is 6. The number of anilines is 1. The van der Waals surface area contributed by atoms with Crippen molar-refractivity contribution in [1.29, 1.82) is 0 Å². The number of carbonyl (C=O) groups excluding carboxylic acids is 1. The van der Waals surface area contributed by atoms with Gasteiger partial charge in [-0.25, -0.2) is 0 Å². The standard InChI is InChI=1S/C13H13N3O3S/c1-19-8-4-5-9(10(17)6-8)11(18)14-13-16-15-12(20-13)7-2-3-7/h4-7,17H,2-3H2,1H3,(H,14,16,18). The number of nitrogens with one attached hydrogen (secondary N) is 1. The third kappa shape index (κ3) is 2.57. The van der Waals surface area contributed by atoms with Gasteiger partial charge in [0.25, 0.3) is 5.91 Å². The summed E-state index contributed by atoms with van der Waals surface area (Å²) < 4.78 is 4.97. The van der Waals surface area contributed by atoms with Gasteiger partial charge in [-0.15, -0.1) is 10.2 Å². The van der Waals surface area contributed by atoms with E-state index >= 15 is 0 Å². The van der Waals surface area contributed by atoms with Crippen molar-refractivity contribution < 1.29 is 14.6 Å². The Morgan fingerprint density at radius 1 is 1.45 bits per heavy atom. The molecule has 2 N–H and O–H groups in total. The Morgan fingerprint density at radius 2 is 2.25 bits per heavy atom. The third-order valence-electron chi connectivity index (χ3n) is 3.04. The zero-order valence-electron chi connectivity index (χ0n) is 10.8. The highest BCUT2D eigenvalue weighted by molar-refractivity contribution is 7.15. The Hall–Kier alpha value is -2.15. The molecule has 0 radical (unpaired) electrons. The number of rotatable bonds is 4. The highest BCUT2D eigenvalue weighted by Gasteiger charge is 2.27. The summed E-state index contributed by atoms with van der Waals surface area (Å²) in [6.07, 6.45) is 2.28. The molecular weight excluding hydrogens is 278 g/mol. The minimum absolute atomic E-state index is 0.131. The van der Waals surface area contributed by atoms with Crippen molar-refractivity contribution >= 4 is 22.4 Å². The first kappa shape index (κ1) is 12.9. The van der Waals surface area contributed by atoms with E-state index in [-0.39, 0.29) is 11.3 Å². The lowest BCUT2D eigenvalue weighted by molar-refractivity contribution is 0.102. The number of carbonyl (C=O) groups is 1. The maximum absolute atomic E-state index is 12.1. The molecule has 7 heteroatoms. The maximum atomic E-state index is 12.1. The molecule has 1 fully saturated rings. The number of aromatic nitrogens is 2.